The molecule has 3 heteroatoms. The highest BCUT2D eigenvalue weighted by Gasteiger charge is 2.11. The molecular formula is C12H23N3. The van der Waals surface area contributed by atoms with Gasteiger partial charge in [0, 0.05) is 18.3 Å². The molecule has 0 aliphatic heterocycles. The topological polar surface area (TPSA) is 29.9 Å². The first kappa shape index (κ1) is 12.1. The van der Waals surface area contributed by atoms with Crippen LogP contribution in [0.25, 0.3) is 0 Å². The van der Waals surface area contributed by atoms with Crippen LogP contribution >= 0.6 is 0 Å². The van der Waals surface area contributed by atoms with Gasteiger partial charge in [0.25, 0.3) is 0 Å². The van der Waals surface area contributed by atoms with Gasteiger partial charge in [0.1, 0.15) is 0 Å². The van der Waals surface area contributed by atoms with Crippen molar-refractivity contribution in [1.29, 1.82) is 0 Å². The van der Waals surface area contributed by atoms with Gasteiger partial charge in [-0.25, -0.2) is 0 Å². The predicted molar refractivity (Wildman–Crippen MR) is 65.2 cm³/mol. The third-order valence-corrected chi connectivity index (χ3v) is 2.73. The lowest BCUT2D eigenvalue weighted by Gasteiger charge is -2.20. The zero-order valence-corrected chi connectivity index (χ0v) is 10.5. The van der Waals surface area contributed by atoms with Gasteiger partial charge in [-0.1, -0.05) is 20.8 Å². The summed E-state index contributed by atoms with van der Waals surface area (Å²) in [5.41, 5.74) is 1.13. The molecule has 0 aromatic carbocycles. The van der Waals surface area contributed by atoms with Crippen molar-refractivity contribution < 1.29 is 0 Å². The van der Waals surface area contributed by atoms with Crippen LogP contribution in [-0.4, -0.2) is 15.8 Å². The molecular weight excluding hydrogens is 186 g/mol. The molecule has 0 saturated heterocycles. The van der Waals surface area contributed by atoms with E-state index in [0.717, 1.165) is 12.1 Å². The molecule has 1 rings (SSSR count). The molecule has 1 aromatic rings. The van der Waals surface area contributed by atoms with E-state index < -0.39 is 0 Å². The van der Waals surface area contributed by atoms with Crippen LogP contribution in [0.5, 0.6) is 0 Å². The number of nitrogens with zero attached hydrogens (tertiary/aromatic N) is 2. The number of hydrogen-bond donors (Lipinski definition) is 1. The Morgan fingerprint density at radius 1 is 1.33 bits per heavy atom. The van der Waals surface area contributed by atoms with Gasteiger partial charge in [-0.3, -0.25) is 4.68 Å². The van der Waals surface area contributed by atoms with Gasteiger partial charge >= 0.3 is 0 Å². The lowest BCUT2D eigenvalue weighted by molar-refractivity contribution is 0.510. The lowest BCUT2D eigenvalue weighted by atomic mass is 10.0. The average Bonchev–Trinajstić information content (AvgIpc) is 2.61. The number of nitrogens with one attached hydrogen (secondary N) is 1. The second-order valence-corrected chi connectivity index (χ2v) is 4.71. The first-order chi connectivity index (χ1) is 7.04. The van der Waals surface area contributed by atoms with Crippen LogP contribution in [0.2, 0.25) is 0 Å². The highest BCUT2D eigenvalue weighted by atomic mass is 15.3. The molecule has 0 spiro atoms. The second-order valence-electron chi connectivity index (χ2n) is 4.71. The Hall–Kier alpha value is -0.990. The van der Waals surface area contributed by atoms with Crippen molar-refractivity contribution in [3.05, 3.63) is 12.4 Å². The summed E-state index contributed by atoms with van der Waals surface area (Å²) in [6.07, 6.45) is 5.13. The van der Waals surface area contributed by atoms with Gasteiger partial charge < -0.3 is 5.32 Å². The fourth-order valence-electron chi connectivity index (χ4n) is 1.65. The van der Waals surface area contributed by atoms with Crippen LogP contribution < -0.4 is 5.32 Å². The lowest BCUT2D eigenvalue weighted by Crippen LogP contribution is -2.24. The monoisotopic (exact) mass is 209 g/mol. The van der Waals surface area contributed by atoms with Crippen molar-refractivity contribution in [2.24, 2.45) is 5.92 Å². The summed E-state index contributed by atoms with van der Waals surface area (Å²) < 4.78 is 1.98. The van der Waals surface area contributed by atoms with E-state index in [9.17, 15) is 0 Å². The molecule has 0 amide bonds. The van der Waals surface area contributed by atoms with Crippen molar-refractivity contribution in [2.75, 3.05) is 5.32 Å². The summed E-state index contributed by atoms with van der Waals surface area (Å²) in [5.74, 6) is 0.650. The molecule has 1 unspecified atom stereocenters. The van der Waals surface area contributed by atoms with E-state index >= 15 is 0 Å². The molecule has 1 heterocycles. The standard InChI is InChI=1S/C12H23N3/c1-6-12(9(2)3)14-11-7-13-15(8-11)10(4)5/h7-10,12,14H,6H2,1-5H3. The molecule has 1 aromatic heterocycles. The van der Waals surface area contributed by atoms with Crippen molar-refractivity contribution in [1.82, 2.24) is 9.78 Å². The third-order valence-electron chi connectivity index (χ3n) is 2.73. The minimum Gasteiger partial charge on any atom is -0.380 e. The van der Waals surface area contributed by atoms with E-state index in [1.165, 1.54) is 0 Å². The summed E-state index contributed by atoms with van der Waals surface area (Å²) in [4.78, 5) is 0. The Labute approximate surface area is 92.9 Å². The van der Waals surface area contributed by atoms with Gasteiger partial charge in [-0.2, -0.15) is 5.10 Å². The van der Waals surface area contributed by atoms with Gasteiger partial charge in [0.2, 0.25) is 0 Å². The Kier molecular flexibility index (Phi) is 4.18. The number of rotatable bonds is 5. The maximum Gasteiger partial charge on any atom is 0.0728 e. The fourth-order valence-corrected chi connectivity index (χ4v) is 1.65. The van der Waals surface area contributed by atoms with E-state index in [0.29, 0.717) is 18.0 Å². The molecule has 1 atom stereocenters. The predicted octanol–water partition coefficient (Wildman–Crippen LogP) is 3.31. The molecule has 86 valence electrons. The van der Waals surface area contributed by atoms with Crippen LogP contribution in [0.15, 0.2) is 12.4 Å². The quantitative estimate of drug-likeness (QED) is 0.806. The molecule has 15 heavy (non-hydrogen) atoms. The molecule has 3 nitrogen and oxygen atoms in total. The smallest absolute Gasteiger partial charge is 0.0728 e. The van der Waals surface area contributed by atoms with Crippen molar-refractivity contribution >= 4 is 5.69 Å². The third kappa shape index (κ3) is 3.26. The summed E-state index contributed by atoms with van der Waals surface area (Å²) in [7, 11) is 0. The van der Waals surface area contributed by atoms with Gasteiger partial charge in [0.15, 0.2) is 0 Å². The van der Waals surface area contributed by atoms with Crippen LogP contribution in [0.3, 0.4) is 0 Å². The van der Waals surface area contributed by atoms with E-state index in [2.05, 4.69) is 51.2 Å². The Morgan fingerprint density at radius 3 is 2.40 bits per heavy atom. The Morgan fingerprint density at radius 2 is 2.00 bits per heavy atom. The van der Waals surface area contributed by atoms with Crippen LogP contribution in [0, 0.1) is 5.92 Å². The fraction of sp³-hybridized carbons (Fsp3) is 0.750. The normalized spacial score (nSPS) is 13.5. The molecule has 0 aliphatic carbocycles. The van der Waals surface area contributed by atoms with Gasteiger partial charge in [-0.15, -0.1) is 0 Å². The molecule has 0 fully saturated rings. The molecule has 1 N–H and O–H groups in total. The number of anilines is 1. The van der Waals surface area contributed by atoms with Crippen LogP contribution in [0.1, 0.15) is 47.1 Å². The Balaban J connectivity index is 2.63. The average molecular weight is 209 g/mol. The molecule has 0 radical (unpaired) electrons. The highest BCUT2D eigenvalue weighted by Crippen LogP contribution is 2.15. The van der Waals surface area contributed by atoms with Crippen molar-refractivity contribution in [3.8, 4) is 0 Å². The summed E-state index contributed by atoms with van der Waals surface area (Å²) in [6.45, 7) is 11.0. The van der Waals surface area contributed by atoms with Crippen LogP contribution in [0.4, 0.5) is 5.69 Å². The van der Waals surface area contributed by atoms with E-state index in [-0.39, 0.29) is 0 Å². The first-order valence-electron chi connectivity index (χ1n) is 5.85. The molecule has 0 saturated carbocycles. The largest absolute Gasteiger partial charge is 0.380 e. The Bertz CT molecular complexity index is 289. The van der Waals surface area contributed by atoms with Gasteiger partial charge in [-0.05, 0) is 26.2 Å². The maximum absolute atomic E-state index is 4.32. The zero-order valence-electron chi connectivity index (χ0n) is 10.5. The minimum absolute atomic E-state index is 0.430. The summed E-state index contributed by atoms with van der Waals surface area (Å²) in [5, 5.41) is 7.84. The SMILES string of the molecule is CCC(Nc1cnn(C(C)C)c1)C(C)C. The van der Waals surface area contributed by atoms with Gasteiger partial charge in [0.05, 0.1) is 11.9 Å². The van der Waals surface area contributed by atoms with E-state index in [1.807, 2.05) is 10.9 Å². The van der Waals surface area contributed by atoms with E-state index in [1.54, 1.807) is 0 Å². The summed E-state index contributed by atoms with van der Waals surface area (Å²) in [6, 6.07) is 0.967. The van der Waals surface area contributed by atoms with Crippen molar-refractivity contribution in [3.63, 3.8) is 0 Å². The first-order valence-corrected chi connectivity index (χ1v) is 5.85. The maximum atomic E-state index is 4.32. The van der Waals surface area contributed by atoms with Crippen molar-refractivity contribution in [2.45, 2.75) is 53.1 Å². The van der Waals surface area contributed by atoms with E-state index in [4.69, 9.17) is 0 Å². The number of hydrogen-bond acceptors (Lipinski definition) is 2. The number of aromatic nitrogens is 2. The molecule has 0 aliphatic rings. The highest BCUT2D eigenvalue weighted by molar-refractivity contribution is 5.39. The molecule has 0 bridgehead atoms. The summed E-state index contributed by atoms with van der Waals surface area (Å²) >= 11 is 0. The zero-order chi connectivity index (χ0) is 11.4. The van der Waals surface area contributed by atoms with Crippen LogP contribution in [-0.2, 0) is 0 Å². The second kappa shape index (κ2) is 5.19. The minimum atomic E-state index is 0.430.